The molecule has 0 bridgehead atoms. The van der Waals surface area contributed by atoms with Gasteiger partial charge in [-0.1, -0.05) is 13.8 Å². The minimum atomic E-state index is -0.426. The Kier molecular flexibility index (Phi) is 4.93. The summed E-state index contributed by atoms with van der Waals surface area (Å²) < 4.78 is 7.47. The lowest BCUT2D eigenvalue weighted by molar-refractivity contribution is -0.159. The molecule has 18 heavy (non-hydrogen) atoms. The number of ether oxygens (including phenoxy) is 1. The Morgan fingerprint density at radius 3 is 2.72 bits per heavy atom. The standard InChI is InChI=1S/C14H24N2O2/c1-6-8-16-9-7-15-12(16)10-11(2)13(17)18-14(3,4)5/h7,9,11H,6,8,10H2,1-5H3. The van der Waals surface area contributed by atoms with Crippen LogP contribution < -0.4 is 0 Å². The Morgan fingerprint density at radius 2 is 2.17 bits per heavy atom. The van der Waals surface area contributed by atoms with Crippen LogP contribution in [0.3, 0.4) is 0 Å². The van der Waals surface area contributed by atoms with E-state index >= 15 is 0 Å². The molecule has 0 amide bonds. The van der Waals surface area contributed by atoms with Gasteiger partial charge in [-0.3, -0.25) is 4.79 Å². The number of hydrogen-bond acceptors (Lipinski definition) is 3. The van der Waals surface area contributed by atoms with E-state index in [9.17, 15) is 4.79 Å². The molecule has 102 valence electrons. The molecule has 4 nitrogen and oxygen atoms in total. The van der Waals surface area contributed by atoms with Crippen LogP contribution in [0.1, 0.15) is 46.9 Å². The minimum Gasteiger partial charge on any atom is -0.460 e. The van der Waals surface area contributed by atoms with E-state index < -0.39 is 5.60 Å². The Balaban J connectivity index is 2.61. The largest absolute Gasteiger partial charge is 0.460 e. The third-order valence-corrected chi connectivity index (χ3v) is 2.56. The fourth-order valence-electron chi connectivity index (χ4n) is 1.73. The summed E-state index contributed by atoms with van der Waals surface area (Å²) in [5.41, 5.74) is -0.426. The number of carbonyl (C=O) groups excluding carboxylic acids is 1. The molecule has 1 heterocycles. The monoisotopic (exact) mass is 252 g/mol. The molecule has 0 fully saturated rings. The van der Waals surface area contributed by atoms with Crippen molar-refractivity contribution in [2.75, 3.05) is 0 Å². The average molecular weight is 252 g/mol. The van der Waals surface area contributed by atoms with Crippen molar-refractivity contribution in [2.24, 2.45) is 5.92 Å². The van der Waals surface area contributed by atoms with Crippen LogP contribution in [0, 0.1) is 5.92 Å². The molecule has 0 radical (unpaired) electrons. The first-order chi connectivity index (χ1) is 8.33. The van der Waals surface area contributed by atoms with E-state index in [2.05, 4.69) is 16.5 Å². The van der Waals surface area contributed by atoms with Crippen LogP contribution in [-0.2, 0) is 22.5 Å². The molecule has 0 spiro atoms. The van der Waals surface area contributed by atoms with E-state index in [4.69, 9.17) is 4.74 Å². The van der Waals surface area contributed by atoms with Gasteiger partial charge in [0.1, 0.15) is 11.4 Å². The number of carbonyl (C=O) groups is 1. The number of aryl methyl sites for hydroxylation is 1. The van der Waals surface area contributed by atoms with Crippen LogP contribution in [0.5, 0.6) is 0 Å². The fourth-order valence-corrected chi connectivity index (χ4v) is 1.73. The number of imidazole rings is 1. The normalized spacial score (nSPS) is 13.4. The molecular formula is C14H24N2O2. The molecule has 0 saturated carbocycles. The van der Waals surface area contributed by atoms with E-state index in [0.717, 1.165) is 18.8 Å². The quantitative estimate of drug-likeness (QED) is 0.757. The van der Waals surface area contributed by atoms with Crippen molar-refractivity contribution >= 4 is 5.97 Å². The van der Waals surface area contributed by atoms with Crippen molar-refractivity contribution in [3.05, 3.63) is 18.2 Å². The van der Waals surface area contributed by atoms with Crippen LogP contribution in [0.15, 0.2) is 12.4 Å². The molecule has 1 unspecified atom stereocenters. The van der Waals surface area contributed by atoms with Gasteiger partial charge < -0.3 is 9.30 Å². The number of rotatable bonds is 5. The van der Waals surface area contributed by atoms with E-state index in [1.807, 2.05) is 33.9 Å². The smallest absolute Gasteiger partial charge is 0.309 e. The average Bonchev–Trinajstić information content (AvgIpc) is 2.64. The van der Waals surface area contributed by atoms with Gasteiger partial charge in [0.25, 0.3) is 0 Å². The summed E-state index contributed by atoms with van der Waals surface area (Å²) >= 11 is 0. The van der Waals surface area contributed by atoms with Gasteiger partial charge in [0, 0.05) is 25.4 Å². The maximum Gasteiger partial charge on any atom is 0.309 e. The van der Waals surface area contributed by atoms with Crippen LogP contribution in [0.2, 0.25) is 0 Å². The van der Waals surface area contributed by atoms with E-state index in [1.54, 1.807) is 6.20 Å². The van der Waals surface area contributed by atoms with Gasteiger partial charge in [-0.25, -0.2) is 4.98 Å². The Bertz CT molecular complexity index is 391. The van der Waals surface area contributed by atoms with Crippen LogP contribution >= 0.6 is 0 Å². The summed E-state index contributed by atoms with van der Waals surface area (Å²) in [6, 6.07) is 0. The number of hydrogen-bond donors (Lipinski definition) is 0. The first-order valence-corrected chi connectivity index (χ1v) is 6.56. The van der Waals surface area contributed by atoms with Crippen LogP contribution in [-0.4, -0.2) is 21.1 Å². The zero-order valence-electron chi connectivity index (χ0n) is 12.1. The van der Waals surface area contributed by atoms with Crippen molar-refractivity contribution in [3.63, 3.8) is 0 Å². The van der Waals surface area contributed by atoms with Crippen molar-refractivity contribution < 1.29 is 9.53 Å². The minimum absolute atomic E-state index is 0.159. The number of nitrogens with zero attached hydrogens (tertiary/aromatic N) is 2. The summed E-state index contributed by atoms with van der Waals surface area (Å²) in [5, 5.41) is 0. The highest BCUT2D eigenvalue weighted by atomic mass is 16.6. The zero-order chi connectivity index (χ0) is 13.8. The Hall–Kier alpha value is -1.32. The summed E-state index contributed by atoms with van der Waals surface area (Å²) in [4.78, 5) is 16.2. The first kappa shape index (κ1) is 14.7. The van der Waals surface area contributed by atoms with Gasteiger partial charge in [0.2, 0.25) is 0 Å². The summed E-state index contributed by atoms with van der Waals surface area (Å²) in [6.45, 7) is 10.6. The molecule has 0 aromatic carbocycles. The lowest BCUT2D eigenvalue weighted by Gasteiger charge is -2.22. The molecule has 1 atom stereocenters. The molecule has 0 aliphatic carbocycles. The van der Waals surface area contributed by atoms with Gasteiger partial charge in [0.15, 0.2) is 0 Å². The topological polar surface area (TPSA) is 44.1 Å². The van der Waals surface area contributed by atoms with Gasteiger partial charge >= 0.3 is 5.97 Å². The predicted octanol–water partition coefficient (Wildman–Crippen LogP) is 2.81. The van der Waals surface area contributed by atoms with Gasteiger partial charge in [-0.15, -0.1) is 0 Å². The van der Waals surface area contributed by atoms with Gasteiger partial charge in [-0.2, -0.15) is 0 Å². The SMILES string of the molecule is CCCn1ccnc1CC(C)C(=O)OC(C)(C)C. The van der Waals surface area contributed by atoms with Crippen LogP contribution in [0.25, 0.3) is 0 Å². The highest BCUT2D eigenvalue weighted by Gasteiger charge is 2.23. The maximum absolute atomic E-state index is 11.9. The van der Waals surface area contributed by atoms with Gasteiger partial charge in [-0.05, 0) is 27.2 Å². The predicted molar refractivity (Wildman–Crippen MR) is 71.2 cm³/mol. The highest BCUT2D eigenvalue weighted by molar-refractivity contribution is 5.72. The molecule has 1 rings (SSSR count). The van der Waals surface area contributed by atoms with Crippen LogP contribution in [0.4, 0.5) is 0 Å². The molecule has 0 aliphatic rings. The molecular weight excluding hydrogens is 228 g/mol. The van der Waals surface area contributed by atoms with E-state index in [0.29, 0.717) is 6.42 Å². The molecule has 0 saturated heterocycles. The van der Waals surface area contributed by atoms with Crippen molar-refractivity contribution in [3.8, 4) is 0 Å². The lowest BCUT2D eigenvalue weighted by Crippen LogP contribution is -2.29. The Morgan fingerprint density at radius 1 is 1.50 bits per heavy atom. The van der Waals surface area contributed by atoms with E-state index in [1.165, 1.54) is 0 Å². The number of aromatic nitrogens is 2. The lowest BCUT2D eigenvalue weighted by atomic mass is 10.1. The summed E-state index contributed by atoms with van der Waals surface area (Å²) in [6.07, 6.45) is 5.43. The molecule has 0 N–H and O–H groups in total. The number of esters is 1. The molecule has 0 aliphatic heterocycles. The fraction of sp³-hybridized carbons (Fsp3) is 0.714. The molecule has 1 aromatic rings. The highest BCUT2D eigenvalue weighted by Crippen LogP contribution is 2.14. The molecule has 4 heteroatoms. The Labute approximate surface area is 109 Å². The third-order valence-electron chi connectivity index (χ3n) is 2.56. The second-order valence-electron chi connectivity index (χ2n) is 5.68. The molecule has 1 aromatic heterocycles. The van der Waals surface area contributed by atoms with Crippen molar-refractivity contribution in [1.82, 2.24) is 9.55 Å². The second kappa shape index (κ2) is 6.03. The summed E-state index contributed by atoms with van der Waals surface area (Å²) in [7, 11) is 0. The summed E-state index contributed by atoms with van der Waals surface area (Å²) in [5.74, 6) is 0.631. The van der Waals surface area contributed by atoms with Crippen molar-refractivity contribution in [2.45, 2.75) is 59.6 Å². The van der Waals surface area contributed by atoms with Gasteiger partial charge in [0.05, 0.1) is 5.92 Å². The second-order valence-corrected chi connectivity index (χ2v) is 5.68. The van der Waals surface area contributed by atoms with Crippen molar-refractivity contribution in [1.29, 1.82) is 0 Å². The maximum atomic E-state index is 11.9. The third kappa shape index (κ3) is 4.51. The zero-order valence-corrected chi connectivity index (χ0v) is 12.1. The first-order valence-electron chi connectivity index (χ1n) is 6.56. The van der Waals surface area contributed by atoms with E-state index in [-0.39, 0.29) is 11.9 Å².